The lowest BCUT2D eigenvalue weighted by atomic mass is 10.0. The number of piperidine rings is 1. The molecule has 2 saturated heterocycles. The molecular weight excluding hydrogens is 292 g/mol. The van der Waals surface area contributed by atoms with E-state index in [-0.39, 0.29) is 22.8 Å². The third-order valence-corrected chi connectivity index (χ3v) is 6.43. The first kappa shape index (κ1) is 14.8. The highest BCUT2D eigenvalue weighted by molar-refractivity contribution is 7.89. The number of hydrogen-bond acceptors (Lipinski definition) is 5. The van der Waals surface area contributed by atoms with Crippen LogP contribution < -0.4 is 5.73 Å². The first-order valence-electron chi connectivity index (χ1n) is 7.48. The Balaban J connectivity index is 1.94. The van der Waals surface area contributed by atoms with Crippen LogP contribution in [-0.2, 0) is 16.6 Å². The molecule has 0 amide bonds. The van der Waals surface area contributed by atoms with Crippen molar-refractivity contribution in [2.75, 3.05) is 5.73 Å². The van der Waals surface area contributed by atoms with Crippen LogP contribution in [0.5, 0.6) is 0 Å². The van der Waals surface area contributed by atoms with Crippen LogP contribution in [0.15, 0.2) is 11.1 Å². The number of anilines is 1. The summed E-state index contributed by atoms with van der Waals surface area (Å²) in [5, 5.41) is 13.9. The maximum absolute atomic E-state index is 12.9. The number of hydrogen-bond donors (Lipinski definition) is 2. The van der Waals surface area contributed by atoms with Crippen molar-refractivity contribution in [3.63, 3.8) is 0 Å². The molecule has 2 atom stereocenters. The maximum atomic E-state index is 12.9. The number of nitrogens with zero attached hydrogens (tertiary/aromatic N) is 3. The summed E-state index contributed by atoms with van der Waals surface area (Å²) in [6.45, 7) is 2.64. The Morgan fingerprint density at radius 1 is 1.38 bits per heavy atom. The molecule has 2 aliphatic heterocycles. The molecule has 3 N–H and O–H groups in total. The average molecular weight is 314 g/mol. The summed E-state index contributed by atoms with van der Waals surface area (Å²) >= 11 is 0. The van der Waals surface area contributed by atoms with E-state index in [4.69, 9.17) is 5.73 Å². The summed E-state index contributed by atoms with van der Waals surface area (Å²) in [4.78, 5) is 0.101. The maximum Gasteiger partial charge on any atom is 0.248 e. The van der Waals surface area contributed by atoms with Gasteiger partial charge in [-0.3, -0.25) is 4.68 Å². The summed E-state index contributed by atoms with van der Waals surface area (Å²) in [5.74, 6) is 0.0639. The van der Waals surface area contributed by atoms with Crippen LogP contribution >= 0.6 is 0 Å². The van der Waals surface area contributed by atoms with Crippen LogP contribution in [0, 0.1) is 0 Å². The van der Waals surface area contributed by atoms with Crippen molar-refractivity contribution in [3.8, 4) is 0 Å². The Morgan fingerprint density at radius 3 is 2.57 bits per heavy atom. The molecule has 0 aromatic carbocycles. The standard InChI is InChI=1S/C13H22N4O3S/c1-2-5-16-8-12(13(14)15-16)21(19,20)17-9-3-4-10(17)7-11(18)6-9/h8-11,18H,2-7H2,1H3,(H2,14,15). The summed E-state index contributed by atoms with van der Waals surface area (Å²) in [6.07, 6.45) is 4.64. The minimum absolute atomic E-state index is 0.0639. The van der Waals surface area contributed by atoms with Crippen molar-refractivity contribution in [2.24, 2.45) is 0 Å². The predicted octanol–water partition coefficient (Wildman–Crippen LogP) is 0.552. The Hall–Kier alpha value is -1.12. The van der Waals surface area contributed by atoms with E-state index in [0.29, 0.717) is 19.4 Å². The molecule has 1 aromatic heterocycles. The average Bonchev–Trinajstić information content (AvgIpc) is 2.90. The zero-order chi connectivity index (χ0) is 15.2. The molecule has 7 nitrogen and oxygen atoms in total. The van der Waals surface area contributed by atoms with E-state index in [1.54, 1.807) is 8.99 Å². The fourth-order valence-electron chi connectivity index (χ4n) is 3.57. The van der Waals surface area contributed by atoms with Crippen LogP contribution in [0.4, 0.5) is 5.82 Å². The summed E-state index contributed by atoms with van der Waals surface area (Å²) < 4.78 is 29.0. The fourth-order valence-corrected chi connectivity index (χ4v) is 5.53. The van der Waals surface area contributed by atoms with E-state index >= 15 is 0 Å². The van der Waals surface area contributed by atoms with E-state index in [1.807, 2.05) is 6.92 Å². The van der Waals surface area contributed by atoms with E-state index in [9.17, 15) is 13.5 Å². The van der Waals surface area contributed by atoms with Gasteiger partial charge in [0.1, 0.15) is 4.90 Å². The van der Waals surface area contributed by atoms with Gasteiger partial charge in [-0.15, -0.1) is 0 Å². The highest BCUT2D eigenvalue weighted by Gasteiger charge is 2.47. The summed E-state index contributed by atoms with van der Waals surface area (Å²) in [7, 11) is -3.64. The van der Waals surface area contributed by atoms with Crippen LogP contribution in [-0.4, -0.2) is 45.8 Å². The topological polar surface area (TPSA) is 101 Å². The number of aliphatic hydroxyl groups excluding tert-OH is 1. The minimum atomic E-state index is -3.64. The number of fused-ring (bicyclic) bond motifs is 2. The molecule has 0 aliphatic carbocycles. The highest BCUT2D eigenvalue weighted by atomic mass is 32.2. The molecule has 2 fully saturated rings. The number of aromatic nitrogens is 2. The molecule has 0 radical (unpaired) electrons. The SMILES string of the molecule is CCCn1cc(S(=O)(=O)N2C3CCC2CC(O)C3)c(N)n1. The lowest BCUT2D eigenvalue weighted by molar-refractivity contribution is 0.0769. The molecule has 8 heteroatoms. The Labute approximate surface area is 124 Å². The van der Waals surface area contributed by atoms with Crippen LogP contribution in [0.25, 0.3) is 0 Å². The lowest BCUT2D eigenvalue weighted by Crippen LogP contribution is -2.47. The third kappa shape index (κ3) is 2.45. The van der Waals surface area contributed by atoms with Gasteiger partial charge in [-0.25, -0.2) is 8.42 Å². The second-order valence-corrected chi connectivity index (χ2v) is 7.80. The van der Waals surface area contributed by atoms with Crippen molar-refractivity contribution in [3.05, 3.63) is 6.20 Å². The van der Waals surface area contributed by atoms with Gasteiger partial charge in [0.05, 0.1) is 6.10 Å². The second-order valence-electron chi connectivity index (χ2n) is 5.99. The summed E-state index contributed by atoms with van der Waals surface area (Å²) in [5.41, 5.74) is 5.82. The molecule has 2 bridgehead atoms. The minimum Gasteiger partial charge on any atom is -0.393 e. The molecule has 3 heterocycles. The lowest BCUT2D eigenvalue weighted by Gasteiger charge is -2.35. The Morgan fingerprint density at radius 2 is 2.00 bits per heavy atom. The first-order valence-corrected chi connectivity index (χ1v) is 8.92. The largest absolute Gasteiger partial charge is 0.393 e. The van der Waals surface area contributed by atoms with Crippen LogP contribution in [0.1, 0.15) is 39.0 Å². The molecule has 1 aromatic rings. The first-order chi connectivity index (χ1) is 9.93. The highest BCUT2D eigenvalue weighted by Crippen LogP contribution is 2.40. The van der Waals surface area contributed by atoms with Crippen LogP contribution in [0.3, 0.4) is 0 Å². The molecule has 118 valence electrons. The monoisotopic (exact) mass is 314 g/mol. The van der Waals surface area contributed by atoms with E-state index in [2.05, 4.69) is 5.10 Å². The van der Waals surface area contributed by atoms with E-state index in [1.165, 1.54) is 6.20 Å². The second kappa shape index (κ2) is 5.26. The van der Waals surface area contributed by atoms with Gasteiger partial charge >= 0.3 is 0 Å². The normalized spacial score (nSPS) is 29.9. The van der Waals surface area contributed by atoms with Gasteiger partial charge in [0.25, 0.3) is 0 Å². The smallest absolute Gasteiger partial charge is 0.248 e. The quantitative estimate of drug-likeness (QED) is 0.845. The van der Waals surface area contributed by atoms with Gasteiger partial charge in [0.2, 0.25) is 10.0 Å². The molecule has 0 saturated carbocycles. The fraction of sp³-hybridized carbons (Fsp3) is 0.769. The number of aryl methyl sites for hydroxylation is 1. The Bertz CT molecular complexity index is 613. The van der Waals surface area contributed by atoms with Crippen molar-refractivity contribution in [1.82, 2.24) is 14.1 Å². The number of nitrogen functional groups attached to an aromatic ring is 1. The van der Waals surface area contributed by atoms with E-state index < -0.39 is 16.1 Å². The molecular formula is C13H22N4O3S. The molecule has 3 rings (SSSR count). The molecule has 2 aliphatic rings. The molecule has 2 unspecified atom stereocenters. The Kier molecular flexibility index (Phi) is 3.71. The summed E-state index contributed by atoms with van der Waals surface area (Å²) in [6, 6.07) is -0.227. The van der Waals surface area contributed by atoms with Gasteiger partial charge in [-0.1, -0.05) is 6.92 Å². The number of aliphatic hydroxyl groups is 1. The number of sulfonamides is 1. The van der Waals surface area contributed by atoms with Gasteiger partial charge < -0.3 is 10.8 Å². The van der Waals surface area contributed by atoms with Gasteiger partial charge in [-0.2, -0.15) is 9.40 Å². The molecule has 0 spiro atoms. The van der Waals surface area contributed by atoms with Crippen molar-refractivity contribution >= 4 is 15.8 Å². The molecule has 21 heavy (non-hydrogen) atoms. The third-order valence-electron chi connectivity index (χ3n) is 4.40. The van der Waals surface area contributed by atoms with Crippen molar-refractivity contribution < 1.29 is 13.5 Å². The van der Waals surface area contributed by atoms with Gasteiger partial charge in [0.15, 0.2) is 5.82 Å². The van der Waals surface area contributed by atoms with E-state index in [0.717, 1.165) is 19.3 Å². The van der Waals surface area contributed by atoms with Crippen molar-refractivity contribution in [2.45, 2.75) is 68.7 Å². The van der Waals surface area contributed by atoms with Gasteiger partial charge in [0, 0.05) is 24.8 Å². The van der Waals surface area contributed by atoms with Crippen LogP contribution in [0.2, 0.25) is 0 Å². The van der Waals surface area contributed by atoms with Crippen molar-refractivity contribution in [1.29, 1.82) is 0 Å². The van der Waals surface area contributed by atoms with Gasteiger partial charge in [-0.05, 0) is 32.1 Å². The number of nitrogens with two attached hydrogens (primary N) is 1. The zero-order valence-electron chi connectivity index (χ0n) is 12.1. The zero-order valence-corrected chi connectivity index (χ0v) is 13.0. The number of rotatable bonds is 4. The predicted molar refractivity (Wildman–Crippen MR) is 78.0 cm³/mol.